The van der Waals surface area contributed by atoms with Crippen molar-refractivity contribution in [1.82, 2.24) is 20.3 Å². The minimum Gasteiger partial charge on any atom is -0.349 e. The van der Waals surface area contributed by atoms with E-state index in [1.165, 1.54) is 0 Å². The molecule has 8 nitrogen and oxygen atoms in total. The van der Waals surface area contributed by atoms with E-state index in [1.807, 2.05) is 24.3 Å². The molecule has 2 aromatic heterocycles. The van der Waals surface area contributed by atoms with Crippen LogP contribution in [0.25, 0.3) is 11.2 Å². The van der Waals surface area contributed by atoms with E-state index in [9.17, 15) is 9.59 Å². The summed E-state index contributed by atoms with van der Waals surface area (Å²) in [5.74, 6) is 0.336. The van der Waals surface area contributed by atoms with Gasteiger partial charge in [-0.15, -0.1) is 0 Å². The molecular formula is C20H22N6O2. The normalized spacial score (nSPS) is 13.8. The zero-order chi connectivity index (χ0) is 19.5. The lowest BCUT2D eigenvalue weighted by Crippen LogP contribution is -2.39. The van der Waals surface area contributed by atoms with E-state index in [1.54, 1.807) is 19.3 Å². The van der Waals surface area contributed by atoms with Crippen LogP contribution in [0.15, 0.2) is 36.7 Å². The number of benzene rings is 1. The third kappa shape index (κ3) is 3.80. The van der Waals surface area contributed by atoms with E-state index in [-0.39, 0.29) is 17.9 Å². The Balaban J connectivity index is 1.54. The van der Waals surface area contributed by atoms with E-state index in [2.05, 4.69) is 30.9 Å². The molecule has 2 amide bonds. The largest absolute Gasteiger partial charge is 0.349 e. The molecule has 0 unspecified atom stereocenters. The fourth-order valence-electron chi connectivity index (χ4n) is 3.01. The lowest BCUT2D eigenvalue weighted by Gasteiger charge is -2.26. The standard InChI is InChI=1S/C20H22N6O2/c1-2-17(27)24-14-8-4-7-13(9-14)23-16-11-22-19-18(26-16)15(10-21-19)20(28)25-12-5-3-6-12/h4,7-12H,2-3,5-6H2,1H3,(H,21,22)(H,23,26)(H,24,27)(H,25,28). The minimum atomic E-state index is -0.133. The van der Waals surface area contributed by atoms with Crippen molar-refractivity contribution in [2.24, 2.45) is 0 Å². The summed E-state index contributed by atoms with van der Waals surface area (Å²) in [5, 5.41) is 9.02. The predicted molar refractivity (Wildman–Crippen MR) is 108 cm³/mol. The number of carbonyl (C=O) groups is 2. The van der Waals surface area contributed by atoms with Gasteiger partial charge in [-0.1, -0.05) is 13.0 Å². The van der Waals surface area contributed by atoms with Crippen molar-refractivity contribution in [3.8, 4) is 0 Å². The number of anilines is 3. The summed E-state index contributed by atoms with van der Waals surface area (Å²) in [6.45, 7) is 1.80. The lowest BCUT2D eigenvalue weighted by molar-refractivity contribution is -0.115. The van der Waals surface area contributed by atoms with Crippen molar-refractivity contribution in [3.63, 3.8) is 0 Å². The number of rotatable bonds is 6. The van der Waals surface area contributed by atoms with Gasteiger partial charge in [0.2, 0.25) is 5.91 Å². The highest BCUT2D eigenvalue weighted by atomic mass is 16.2. The van der Waals surface area contributed by atoms with Crippen LogP contribution in [0.2, 0.25) is 0 Å². The number of fused-ring (bicyclic) bond motifs is 1. The molecule has 0 spiro atoms. The molecule has 0 radical (unpaired) electrons. The molecule has 144 valence electrons. The zero-order valence-electron chi connectivity index (χ0n) is 15.6. The van der Waals surface area contributed by atoms with E-state index >= 15 is 0 Å². The number of hydrogen-bond donors (Lipinski definition) is 4. The van der Waals surface area contributed by atoms with Gasteiger partial charge in [-0.3, -0.25) is 9.59 Å². The van der Waals surface area contributed by atoms with E-state index in [0.717, 1.165) is 24.9 Å². The van der Waals surface area contributed by atoms with Crippen LogP contribution in [-0.2, 0) is 4.79 Å². The van der Waals surface area contributed by atoms with Crippen LogP contribution in [0.4, 0.5) is 17.2 Å². The van der Waals surface area contributed by atoms with Crippen molar-refractivity contribution in [1.29, 1.82) is 0 Å². The molecule has 0 aliphatic heterocycles. The quantitative estimate of drug-likeness (QED) is 0.526. The van der Waals surface area contributed by atoms with E-state index in [4.69, 9.17) is 0 Å². The molecule has 1 aliphatic carbocycles. The number of aromatic amines is 1. The van der Waals surface area contributed by atoms with E-state index < -0.39 is 0 Å². The first-order valence-corrected chi connectivity index (χ1v) is 9.44. The van der Waals surface area contributed by atoms with Gasteiger partial charge >= 0.3 is 0 Å². The molecule has 0 bridgehead atoms. The molecule has 1 aliphatic rings. The summed E-state index contributed by atoms with van der Waals surface area (Å²) < 4.78 is 0. The molecule has 0 saturated heterocycles. The summed E-state index contributed by atoms with van der Waals surface area (Å²) in [7, 11) is 0. The molecule has 28 heavy (non-hydrogen) atoms. The van der Waals surface area contributed by atoms with Crippen molar-refractivity contribution in [2.45, 2.75) is 38.6 Å². The van der Waals surface area contributed by atoms with E-state index in [0.29, 0.717) is 34.7 Å². The van der Waals surface area contributed by atoms with Gasteiger partial charge < -0.3 is 20.9 Å². The van der Waals surface area contributed by atoms with Gasteiger partial charge in [0.25, 0.3) is 5.91 Å². The highest BCUT2D eigenvalue weighted by Gasteiger charge is 2.22. The van der Waals surface area contributed by atoms with Gasteiger partial charge in [-0.2, -0.15) is 0 Å². The van der Waals surface area contributed by atoms with Crippen molar-refractivity contribution < 1.29 is 9.59 Å². The minimum absolute atomic E-state index is 0.0483. The SMILES string of the molecule is CCC(=O)Nc1cccc(Nc2cnc3[nH]cc(C(=O)NC4CCC4)c3n2)c1. The van der Waals surface area contributed by atoms with Crippen molar-refractivity contribution in [3.05, 3.63) is 42.2 Å². The number of nitrogens with zero attached hydrogens (tertiary/aromatic N) is 2. The van der Waals surface area contributed by atoms with Crippen LogP contribution in [0.3, 0.4) is 0 Å². The first-order chi connectivity index (χ1) is 13.6. The van der Waals surface area contributed by atoms with Crippen LogP contribution in [0.5, 0.6) is 0 Å². The Morgan fingerprint density at radius 3 is 2.82 bits per heavy atom. The molecule has 0 atom stereocenters. The van der Waals surface area contributed by atoms with Crippen molar-refractivity contribution >= 4 is 40.2 Å². The smallest absolute Gasteiger partial charge is 0.255 e. The first-order valence-electron chi connectivity index (χ1n) is 9.44. The Hall–Kier alpha value is -3.42. The molecular weight excluding hydrogens is 356 g/mol. The molecule has 1 fully saturated rings. The van der Waals surface area contributed by atoms with Crippen molar-refractivity contribution in [2.75, 3.05) is 10.6 Å². The molecule has 4 rings (SSSR count). The maximum atomic E-state index is 12.5. The number of hydrogen-bond acceptors (Lipinski definition) is 5. The second-order valence-electron chi connectivity index (χ2n) is 6.86. The molecule has 2 heterocycles. The van der Waals surface area contributed by atoms with Gasteiger partial charge in [0, 0.05) is 30.0 Å². The van der Waals surface area contributed by atoms with Gasteiger partial charge in [0.05, 0.1) is 11.8 Å². The highest BCUT2D eigenvalue weighted by molar-refractivity contribution is 6.04. The monoisotopic (exact) mass is 378 g/mol. The van der Waals surface area contributed by atoms with Gasteiger partial charge in [0.1, 0.15) is 11.3 Å². The summed E-state index contributed by atoms with van der Waals surface area (Å²) >= 11 is 0. The second-order valence-corrected chi connectivity index (χ2v) is 6.86. The predicted octanol–water partition coefficient (Wildman–Crippen LogP) is 3.33. The van der Waals surface area contributed by atoms with Crippen LogP contribution in [0, 0.1) is 0 Å². The fraction of sp³-hybridized carbons (Fsp3) is 0.300. The highest BCUT2D eigenvalue weighted by Crippen LogP contribution is 2.23. The summed E-state index contributed by atoms with van der Waals surface area (Å²) in [6, 6.07) is 7.61. The van der Waals surface area contributed by atoms with Crippen LogP contribution < -0.4 is 16.0 Å². The van der Waals surface area contributed by atoms with Crippen LogP contribution in [0.1, 0.15) is 43.0 Å². The number of aromatic nitrogens is 3. The first kappa shape index (κ1) is 18.0. The van der Waals surface area contributed by atoms with Crippen LogP contribution in [-0.4, -0.2) is 32.8 Å². The molecule has 1 saturated carbocycles. The third-order valence-electron chi connectivity index (χ3n) is 4.81. The van der Waals surface area contributed by atoms with Gasteiger partial charge in [-0.25, -0.2) is 9.97 Å². The summed E-state index contributed by atoms with van der Waals surface area (Å²) in [4.78, 5) is 36.0. The average molecular weight is 378 g/mol. The average Bonchev–Trinajstić information content (AvgIpc) is 3.08. The molecule has 8 heteroatoms. The number of carbonyl (C=O) groups excluding carboxylic acids is 2. The Bertz CT molecular complexity index is 1020. The van der Waals surface area contributed by atoms with Gasteiger partial charge in [-0.05, 0) is 37.5 Å². The maximum absolute atomic E-state index is 12.5. The summed E-state index contributed by atoms with van der Waals surface area (Å²) in [6.07, 6.45) is 6.87. The Morgan fingerprint density at radius 2 is 2.07 bits per heavy atom. The fourth-order valence-corrected chi connectivity index (χ4v) is 3.01. The Kier molecular flexibility index (Phi) is 4.92. The topological polar surface area (TPSA) is 112 Å². The summed E-state index contributed by atoms with van der Waals surface area (Å²) in [5.41, 5.74) is 3.04. The number of H-pyrrole nitrogens is 1. The number of amides is 2. The molecule has 1 aromatic carbocycles. The molecule has 4 N–H and O–H groups in total. The Labute approximate surface area is 162 Å². The third-order valence-corrected chi connectivity index (χ3v) is 4.81. The van der Waals surface area contributed by atoms with Crippen LogP contribution >= 0.6 is 0 Å². The zero-order valence-corrected chi connectivity index (χ0v) is 15.6. The molecule has 3 aromatic rings. The van der Waals surface area contributed by atoms with Gasteiger partial charge in [0.15, 0.2) is 5.65 Å². The number of nitrogens with one attached hydrogen (secondary N) is 4. The Morgan fingerprint density at radius 1 is 1.25 bits per heavy atom. The lowest BCUT2D eigenvalue weighted by atomic mass is 9.93. The second kappa shape index (κ2) is 7.67. The maximum Gasteiger partial charge on any atom is 0.255 e.